The molecule has 2 N–H and O–H groups in total. The molecule has 1 aromatic heterocycles. The number of carbonyl (C=O) groups is 2. The minimum atomic E-state index is -0.922. The number of nitrogens with zero attached hydrogens (tertiary/aromatic N) is 2. The Bertz CT molecular complexity index is 1120. The van der Waals surface area contributed by atoms with E-state index in [0.29, 0.717) is 6.54 Å². The Morgan fingerprint density at radius 3 is 2.68 bits per heavy atom. The maximum Gasteiger partial charge on any atom is 0.274 e. The molecule has 2 heterocycles. The van der Waals surface area contributed by atoms with Crippen molar-refractivity contribution in [1.29, 1.82) is 0 Å². The highest BCUT2D eigenvalue weighted by molar-refractivity contribution is 6.30. The molecule has 0 bridgehead atoms. The van der Waals surface area contributed by atoms with Crippen LogP contribution in [0.4, 0.5) is 4.39 Å². The smallest absolute Gasteiger partial charge is 0.274 e. The molecule has 0 spiro atoms. The van der Waals surface area contributed by atoms with Crippen LogP contribution in [0.2, 0.25) is 5.02 Å². The number of likely N-dealkylation sites (N-methyl/N-ethyl adjacent to an activating group) is 1. The van der Waals surface area contributed by atoms with Gasteiger partial charge in [0.15, 0.2) is 11.4 Å². The molecule has 164 valence electrons. The van der Waals surface area contributed by atoms with Crippen LogP contribution in [0.1, 0.15) is 65.1 Å². The summed E-state index contributed by atoms with van der Waals surface area (Å²) in [6.45, 7) is 2.16. The first kappa shape index (κ1) is 21.4. The van der Waals surface area contributed by atoms with Crippen LogP contribution < -0.4 is 10.7 Å². The monoisotopic (exact) mass is 447 g/mol. The molecule has 0 radical (unpaired) electrons. The highest BCUT2D eigenvalue weighted by Crippen LogP contribution is 2.39. The van der Waals surface area contributed by atoms with E-state index in [9.17, 15) is 23.9 Å². The Morgan fingerprint density at radius 2 is 1.97 bits per heavy atom. The van der Waals surface area contributed by atoms with Gasteiger partial charge in [-0.25, -0.2) is 4.39 Å². The van der Waals surface area contributed by atoms with Crippen molar-refractivity contribution in [3.05, 3.63) is 62.3 Å². The van der Waals surface area contributed by atoms with E-state index in [1.54, 1.807) is 15.5 Å². The zero-order chi connectivity index (χ0) is 22.3. The van der Waals surface area contributed by atoms with Crippen molar-refractivity contribution in [2.24, 2.45) is 0 Å². The van der Waals surface area contributed by atoms with Crippen LogP contribution in [0.25, 0.3) is 0 Å². The second-order valence-electron chi connectivity index (χ2n) is 7.88. The van der Waals surface area contributed by atoms with E-state index in [0.717, 1.165) is 25.7 Å². The van der Waals surface area contributed by atoms with Gasteiger partial charge in [0.05, 0.1) is 17.1 Å². The first-order valence-electron chi connectivity index (χ1n) is 10.3. The second kappa shape index (κ2) is 8.34. The molecule has 31 heavy (non-hydrogen) atoms. The van der Waals surface area contributed by atoms with Crippen LogP contribution in [-0.2, 0) is 6.54 Å². The zero-order valence-electron chi connectivity index (χ0n) is 17.0. The van der Waals surface area contributed by atoms with Gasteiger partial charge in [-0.3, -0.25) is 14.4 Å². The van der Waals surface area contributed by atoms with Crippen LogP contribution in [-0.4, -0.2) is 39.0 Å². The molecule has 4 rings (SSSR count). The van der Waals surface area contributed by atoms with E-state index < -0.39 is 28.8 Å². The lowest BCUT2D eigenvalue weighted by Gasteiger charge is -2.45. The number of aromatic nitrogens is 1. The summed E-state index contributed by atoms with van der Waals surface area (Å²) < 4.78 is 15.7. The quantitative estimate of drug-likeness (QED) is 0.752. The third-order valence-corrected chi connectivity index (χ3v) is 6.47. The summed E-state index contributed by atoms with van der Waals surface area (Å²) in [6, 6.07) is 4.26. The fourth-order valence-electron chi connectivity index (χ4n) is 4.65. The fraction of sp³-hybridized carbons (Fsp3) is 0.409. The lowest BCUT2D eigenvalue weighted by molar-refractivity contribution is 0.0442. The van der Waals surface area contributed by atoms with Crippen molar-refractivity contribution in [2.45, 2.75) is 51.2 Å². The van der Waals surface area contributed by atoms with Gasteiger partial charge in [0.2, 0.25) is 5.43 Å². The number of hydrogen-bond donors (Lipinski definition) is 2. The molecule has 7 nitrogen and oxygen atoms in total. The number of amides is 2. The number of pyridine rings is 1. The molecule has 2 atom stereocenters. The predicted molar refractivity (Wildman–Crippen MR) is 113 cm³/mol. The lowest BCUT2D eigenvalue weighted by atomic mass is 9.86. The van der Waals surface area contributed by atoms with E-state index in [4.69, 9.17) is 11.6 Å². The molecule has 2 aliphatic rings. The van der Waals surface area contributed by atoms with Crippen LogP contribution >= 0.6 is 11.6 Å². The summed E-state index contributed by atoms with van der Waals surface area (Å²) in [6.07, 6.45) is 4.90. The topological polar surface area (TPSA) is 91.6 Å². The highest BCUT2D eigenvalue weighted by Gasteiger charge is 2.42. The summed E-state index contributed by atoms with van der Waals surface area (Å²) in [5, 5.41) is 13.0. The second-order valence-corrected chi connectivity index (χ2v) is 8.29. The molecule has 1 aromatic carbocycles. The molecule has 1 fully saturated rings. The van der Waals surface area contributed by atoms with Gasteiger partial charge in [-0.1, -0.05) is 36.6 Å². The molecule has 0 unspecified atom stereocenters. The SMILES string of the molecule is CCN1C(=O)c2c(O)c(=O)c(C(=O)NCc3cccc(Cl)c3F)cn2[C@H]2CCCC[C@H]21. The largest absolute Gasteiger partial charge is 0.503 e. The molecule has 0 saturated heterocycles. The average Bonchev–Trinajstić information content (AvgIpc) is 2.77. The number of aromatic hydroxyl groups is 1. The summed E-state index contributed by atoms with van der Waals surface area (Å²) in [7, 11) is 0. The van der Waals surface area contributed by atoms with E-state index in [-0.39, 0.29) is 40.5 Å². The summed E-state index contributed by atoms with van der Waals surface area (Å²) in [4.78, 5) is 40.2. The van der Waals surface area contributed by atoms with Crippen molar-refractivity contribution in [3.8, 4) is 5.75 Å². The van der Waals surface area contributed by atoms with Gasteiger partial charge in [0.25, 0.3) is 11.8 Å². The molecule has 1 saturated carbocycles. The predicted octanol–water partition coefficient (Wildman–Crippen LogP) is 3.24. The molecular weight excluding hydrogens is 425 g/mol. The van der Waals surface area contributed by atoms with Gasteiger partial charge in [0.1, 0.15) is 11.4 Å². The van der Waals surface area contributed by atoms with E-state index in [2.05, 4.69) is 5.32 Å². The summed E-state index contributed by atoms with van der Waals surface area (Å²) >= 11 is 5.76. The normalized spacial score (nSPS) is 20.2. The molecule has 1 aliphatic heterocycles. The third-order valence-electron chi connectivity index (χ3n) is 6.18. The maximum absolute atomic E-state index is 14.1. The van der Waals surface area contributed by atoms with Gasteiger partial charge >= 0.3 is 0 Å². The van der Waals surface area contributed by atoms with Crippen molar-refractivity contribution in [3.63, 3.8) is 0 Å². The number of benzene rings is 1. The Labute approximate surface area is 183 Å². The van der Waals surface area contributed by atoms with Gasteiger partial charge in [-0.15, -0.1) is 0 Å². The lowest BCUT2D eigenvalue weighted by Crippen LogP contribution is -2.52. The van der Waals surface area contributed by atoms with Gasteiger partial charge in [-0.05, 0) is 25.8 Å². The fourth-order valence-corrected chi connectivity index (χ4v) is 4.85. The Kier molecular flexibility index (Phi) is 5.75. The van der Waals surface area contributed by atoms with Crippen LogP contribution in [0.5, 0.6) is 5.75 Å². The maximum atomic E-state index is 14.1. The van der Waals surface area contributed by atoms with E-state index in [1.165, 1.54) is 18.3 Å². The van der Waals surface area contributed by atoms with Crippen molar-refractivity contribution >= 4 is 23.4 Å². The standard InChI is InChI=1S/C22H23ClFN3O4/c1-2-26-15-8-3-4-9-16(15)27-11-13(19(28)20(29)18(27)22(26)31)21(30)25-10-12-6-5-7-14(23)17(12)24/h5-7,11,15-16,29H,2-4,8-10H2,1H3,(H,25,30)/t15-,16+/m1/s1. The number of fused-ring (bicyclic) bond motifs is 3. The summed E-state index contributed by atoms with van der Waals surface area (Å²) in [5.74, 6) is -2.54. The molecule has 2 amide bonds. The van der Waals surface area contributed by atoms with E-state index in [1.807, 2.05) is 6.92 Å². The zero-order valence-corrected chi connectivity index (χ0v) is 17.8. The molecule has 2 aromatic rings. The highest BCUT2D eigenvalue weighted by atomic mass is 35.5. The van der Waals surface area contributed by atoms with E-state index >= 15 is 0 Å². The Morgan fingerprint density at radius 1 is 1.26 bits per heavy atom. The number of halogens is 2. The Hall–Kier alpha value is -2.87. The van der Waals surface area contributed by atoms with Crippen LogP contribution in [0.15, 0.2) is 29.2 Å². The van der Waals surface area contributed by atoms with Crippen LogP contribution in [0.3, 0.4) is 0 Å². The molecule has 1 aliphatic carbocycles. The first-order chi connectivity index (χ1) is 14.8. The van der Waals surface area contributed by atoms with Crippen molar-refractivity contribution in [1.82, 2.24) is 14.8 Å². The van der Waals surface area contributed by atoms with Gasteiger partial charge in [-0.2, -0.15) is 0 Å². The summed E-state index contributed by atoms with van der Waals surface area (Å²) in [5.41, 5.74) is -1.11. The number of carbonyl (C=O) groups excluding carboxylic acids is 2. The van der Waals surface area contributed by atoms with Gasteiger partial charge in [0, 0.05) is 24.8 Å². The molecule has 9 heteroatoms. The van der Waals surface area contributed by atoms with Gasteiger partial charge < -0.3 is 19.9 Å². The third kappa shape index (κ3) is 3.59. The van der Waals surface area contributed by atoms with Crippen LogP contribution in [0, 0.1) is 5.82 Å². The first-order valence-corrected chi connectivity index (χ1v) is 10.7. The average molecular weight is 448 g/mol. The minimum Gasteiger partial charge on any atom is -0.503 e. The van der Waals surface area contributed by atoms with Crippen molar-refractivity contribution in [2.75, 3.05) is 6.54 Å². The number of rotatable bonds is 4. The minimum absolute atomic E-state index is 0.0443. The Balaban J connectivity index is 1.70. The van der Waals surface area contributed by atoms with Crippen molar-refractivity contribution < 1.29 is 19.1 Å². The number of hydrogen-bond acceptors (Lipinski definition) is 4. The molecular formula is C22H23ClFN3O4. The number of nitrogens with one attached hydrogen (secondary N) is 1.